The van der Waals surface area contributed by atoms with E-state index in [1.165, 1.54) is 6.42 Å². The standard InChI is InChI=1S/C15H20ClNO2/c1-11-4-3-7-17(10-11)15(18)9-12-8-13(16)5-6-14(12)19-2/h5-6,8,11H,3-4,7,9-10H2,1-2H3. The minimum absolute atomic E-state index is 0.159. The maximum Gasteiger partial charge on any atom is 0.227 e. The van der Waals surface area contributed by atoms with Gasteiger partial charge < -0.3 is 9.64 Å². The molecule has 0 aromatic heterocycles. The number of piperidine rings is 1. The van der Waals surface area contributed by atoms with Crippen LogP contribution in [0.3, 0.4) is 0 Å². The van der Waals surface area contributed by atoms with Crippen LogP contribution in [0, 0.1) is 5.92 Å². The fourth-order valence-electron chi connectivity index (χ4n) is 2.58. The SMILES string of the molecule is COc1ccc(Cl)cc1CC(=O)N1CCCC(C)C1. The predicted molar refractivity (Wildman–Crippen MR) is 76.7 cm³/mol. The van der Waals surface area contributed by atoms with Gasteiger partial charge in [0, 0.05) is 23.7 Å². The summed E-state index contributed by atoms with van der Waals surface area (Å²) < 4.78 is 5.28. The summed E-state index contributed by atoms with van der Waals surface area (Å²) in [5.74, 6) is 1.48. The van der Waals surface area contributed by atoms with Crippen LogP contribution in [0.25, 0.3) is 0 Å². The lowest BCUT2D eigenvalue weighted by atomic mass is 9.99. The highest BCUT2D eigenvalue weighted by atomic mass is 35.5. The third kappa shape index (κ3) is 3.63. The second-order valence-electron chi connectivity index (χ2n) is 5.22. The molecule has 1 aromatic carbocycles. The van der Waals surface area contributed by atoms with Crippen molar-refractivity contribution in [1.29, 1.82) is 0 Å². The van der Waals surface area contributed by atoms with Crippen LogP contribution in [0.2, 0.25) is 5.02 Å². The molecule has 1 amide bonds. The van der Waals surface area contributed by atoms with Gasteiger partial charge in [0.05, 0.1) is 13.5 Å². The van der Waals surface area contributed by atoms with E-state index in [9.17, 15) is 4.79 Å². The summed E-state index contributed by atoms with van der Waals surface area (Å²) in [5, 5.41) is 0.635. The van der Waals surface area contributed by atoms with Crippen molar-refractivity contribution >= 4 is 17.5 Å². The van der Waals surface area contributed by atoms with Crippen molar-refractivity contribution in [3.63, 3.8) is 0 Å². The van der Waals surface area contributed by atoms with Crippen LogP contribution in [-0.2, 0) is 11.2 Å². The Balaban J connectivity index is 2.07. The first-order chi connectivity index (χ1) is 9.10. The van der Waals surface area contributed by atoms with E-state index in [0.717, 1.165) is 30.8 Å². The molecule has 1 heterocycles. The number of nitrogens with zero attached hydrogens (tertiary/aromatic N) is 1. The van der Waals surface area contributed by atoms with Gasteiger partial charge in [-0.3, -0.25) is 4.79 Å². The highest BCUT2D eigenvalue weighted by molar-refractivity contribution is 6.30. The molecule has 1 atom stereocenters. The highest BCUT2D eigenvalue weighted by Gasteiger charge is 2.21. The first-order valence-electron chi connectivity index (χ1n) is 6.70. The van der Waals surface area contributed by atoms with Crippen LogP contribution in [0.15, 0.2) is 18.2 Å². The normalized spacial score (nSPS) is 19.3. The van der Waals surface area contributed by atoms with E-state index in [1.807, 2.05) is 17.0 Å². The van der Waals surface area contributed by atoms with Gasteiger partial charge >= 0.3 is 0 Å². The average molecular weight is 282 g/mol. The maximum absolute atomic E-state index is 12.3. The fraction of sp³-hybridized carbons (Fsp3) is 0.533. The molecule has 0 spiro atoms. The molecule has 2 rings (SSSR count). The van der Waals surface area contributed by atoms with Crippen LogP contribution in [0.1, 0.15) is 25.3 Å². The molecule has 104 valence electrons. The Hall–Kier alpha value is -1.22. The quantitative estimate of drug-likeness (QED) is 0.852. The molecular weight excluding hydrogens is 262 g/mol. The lowest BCUT2D eigenvalue weighted by Gasteiger charge is -2.31. The Morgan fingerprint density at radius 2 is 2.32 bits per heavy atom. The third-order valence-electron chi connectivity index (χ3n) is 3.59. The van der Waals surface area contributed by atoms with Crippen molar-refractivity contribution < 1.29 is 9.53 Å². The second-order valence-corrected chi connectivity index (χ2v) is 5.66. The molecule has 19 heavy (non-hydrogen) atoms. The van der Waals surface area contributed by atoms with E-state index in [1.54, 1.807) is 13.2 Å². The summed E-state index contributed by atoms with van der Waals surface area (Å²) in [4.78, 5) is 14.3. The van der Waals surface area contributed by atoms with Crippen LogP contribution in [-0.4, -0.2) is 31.0 Å². The van der Waals surface area contributed by atoms with Gasteiger partial charge in [0.2, 0.25) is 5.91 Å². The van der Waals surface area contributed by atoms with Crippen LogP contribution < -0.4 is 4.74 Å². The molecule has 3 nitrogen and oxygen atoms in total. The number of methoxy groups -OCH3 is 1. The Morgan fingerprint density at radius 1 is 1.53 bits per heavy atom. The molecule has 1 aliphatic heterocycles. The summed E-state index contributed by atoms with van der Waals surface area (Å²) >= 11 is 5.99. The molecule has 1 aliphatic rings. The Bertz CT molecular complexity index is 461. The number of rotatable bonds is 3. The van der Waals surface area contributed by atoms with E-state index < -0.39 is 0 Å². The number of carbonyl (C=O) groups is 1. The molecule has 0 aliphatic carbocycles. The fourth-order valence-corrected chi connectivity index (χ4v) is 2.77. The number of amides is 1. The smallest absolute Gasteiger partial charge is 0.227 e. The van der Waals surface area contributed by atoms with Gasteiger partial charge in [0.25, 0.3) is 0 Å². The summed E-state index contributed by atoms with van der Waals surface area (Å²) in [5.41, 5.74) is 0.859. The molecule has 1 unspecified atom stereocenters. The molecule has 1 fully saturated rings. The molecule has 0 N–H and O–H groups in total. The number of halogens is 1. The zero-order valence-corrected chi connectivity index (χ0v) is 12.2. The Morgan fingerprint density at radius 3 is 3.00 bits per heavy atom. The third-order valence-corrected chi connectivity index (χ3v) is 3.83. The molecule has 0 saturated carbocycles. The summed E-state index contributed by atoms with van der Waals surface area (Å²) in [6.07, 6.45) is 2.67. The predicted octanol–water partition coefficient (Wildman–Crippen LogP) is 3.15. The first kappa shape index (κ1) is 14.2. The van der Waals surface area contributed by atoms with Crippen molar-refractivity contribution in [3.8, 4) is 5.75 Å². The van der Waals surface area contributed by atoms with Gasteiger partial charge in [-0.15, -0.1) is 0 Å². The zero-order chi connectivity index (χ0) is 13.8. The maximum atomic E-state index is 12.3. The molecule has 1 aromatic rings. The molecule has 4 heteroatoms. The zero-order valence-electron chi connectivity index (χ0n) is 11.5. The molecule has 0 bridgehead atoms. The van der Waals surface area contributed by atoms with Gasteiger partial charge in [-0.25, -0.2) is 0 Å². The lowest BCUT2D eigenvalue weighted by molar-refractivity contribution is -0.132. The van der Waals surface area contributed by atoms with Crippen molar-refractivity contribution in [3.05, 3.63) is 28.8 Å². The van der Waals surface area contributed by atoms with E-state index >= 15 is 0 Å². The Labute approximate surface area is 119 Å². The number of likely N-dealkylation sites (tertiary alicyclic amines) is 1. The van der Waals surface area contributed by atoms with Gasteiger partial charge in [-0.05, 0) is 37.0 Å². The van der Waals surface area contributed by atoms with Crippen molar-refractivity contribution in [2.75, 3.05) is 20.2 Å². The topological polar surface area (TPSA) is 29.5 Å². The first-order valence-corrected chi connectivity index (χ1v) is 7.08. The minimum atomic E-state index is 0.159. The van der Waals surface area contributed by atoms with E-state index in [0.29, 0.717) is 17.4 Å². The average Bonchev–Trinajstić information content (AvgIpc) is 2.39. The molecule has 1 saturated heterocycles. The van der Waals surface area contributed by atoms with Crippen LogP contribution in [0.4, 0.5) is 0 Å². The largest absolute Gasteiger partial charge is 0.496 e. The van der Waals surface area contributed by atoms with Crippen molar-refractivity contribution in [1.82, 2.24) is 4.90 Å². The monoisotopic (exact) mass is 281 g/mol. The van der Waals surface area contributed by atoms with E-state index in [2.05, 4.69) is 6.92 Å². The Kier molecular flexibility index (Phi) is 4.70. The van der Waals surface area contributed by atoms with Gasteiger partial charge in [-0.2, -0.15) is 0 Å². The summed E-state index contributed by atoms with van der Waals surface area (Å²) in [7, 11) is 1.61. The summed E-state index contributed by atoms with van der Waals surface area (Å²) in [6, 6.07) is 5.40. The summed E-state index contributed by atoms with van der Waals surface area (Å²) in [6.45, 7) is 3.92. The lowest BCUT2D eigenvalue weighted by Crippen LogP contribution is -2.39. The van der Waals surface area contributed by atoms with Gasteiger partial charge in [0.15, 0.2) is 0 Å². The number of hydrogen-bond donors (Lipinski definition) is 0. The number of carbonyl (C=O) groups excluding carboxylic acids is 1. The highest BCUT2D eigenvalue weighted by Crippen LogP contribution is 2.24. The van der Waals surface area contributed by atoms with Crippen LogP contribution >= 0.6 is 11.6 Å². The van der Waals surface area contributed by atoms with E-state index in [-0.39, 0.29) is 5.91 Å². The molecular formula is C15H20ClNO2. The number of ether oxygens (including phenoxy) is 1. The van der Waals surface area contributed by atoms with Gasteiger partial charge in [0.1, 0.15) is 5.75 Å². The van der Waals surface area contributed by atoms with Gasteiger partial charge in [-0.1, -0.05) is 18.5 Å². The number of benzene rings is 1. The number of hydrogen-bond acceptors (Lipinski definition) is 2. The van der Waals surface area contributed by atoms with Crippen molar-refractivity contribution in [2.45, 2.75) is 26.2 Å². The van der Waals surface area contributed by atoms with Crippen molar-refractivity contribution in [2.24, 2.45) is 5.92 Å². The van der Waals surface area contributed by atoms with E-state index in [4.69, 9.17) is 16.3 Å². The van der Waals surface area contributed by atoms with Crippen LogP contribution in [0.5, 0.6) is 5.75 Å². The molecule has 0 radical (unpaired) electrons. The second kappa shape index (κ2) is 6.29. The minimum Gasteiger partial charge on any atom is -0.496 e.